The van der Waals surface area contributed by atoms with E-state index < -0.39 is 5.60 Å². The molecule has 0 aromatic rings. The van der Waals surface area contributed by atoms with Gasteiger partial charge in [-0.3, -0.25) is 0 Å². The molecule has 1 saturated carbocycles. The molecule has 1 aliphatic carbocycles. The largest absolute Gasteiger partial charge is 0.444 e. The van der Waals surface area contributed by atoms with Crippen molar-refractivity contribution in [2.45, 2.75) is 45.6 Å². The lowest BCUT2D eigenvalue weighted by Gasteiger charge is -2.33. The van der Waals surface area contributed by atoms with Gasteiger partial charge in [-0.05, 0) is 64.5 Å². The minimum absolute atomic E-state index is 0.282. The minimum Gasteiger partial charge on any atom is -0.444 e. The fraction of sp³-hybridized carbons (Fsp3) is 0.929. The van der Waals surface area contributed by atoms with Crippen LogP contribution in [0.2, 0.25) is 0 Å². The number of carbonyl (C=O) groups excluding carboxylic acids is 1. The monoisotopic (exact) mass is 254 g/mol. The molecule has 4 nitrogen and oxygen atoms in total. The third kappa shape index (κ3) is 3.61. The average Bonchev–Trinajstić information content (AvgIpc) is 2.72. The van der Waals surface area contributed by atoms with Crippen molar-refractivity contribution < 1.29 is 9.53 Å². The summed E-state index contributed by atoms with van der Waals surface area (Å²) in [5, 5.41) is 6.41. The molecule has 3 unspecified atom stereocenters. The predicted molar refractivity (Wildman–Crippen MR) is 71.4 cm³/mol. The fourth-order valence-electron chi connectivity index (χ4n) is 3.26. The van der Waals surface area contributed by atoms with Crippen LogP contribution in [-0.4, -0.2) is 31.3 Å². The molecule has 0 radical (unpaired) electrons. The summed E-state index contributed by atoms with van der Waals surface area (Å²) in [6.45, 7) is 8.72. The Morgan fingerprint density at radius 1 is 1.33 bits per heavy atom. The lowest BCUT2D eigenvalue weighted by molar-refractivity contribution is 0.0502. The van der Waals surface area contributed by atoms with E-state index in [0.717, 1.165) is 31.5 Å². The molecule has 2 rings (SSSR count). The van der Waals surface area contributed by atoms with E-state index >= 15 is 0 Å². The number of alkyl carbamates (subject to hydrolysis) is 1. The molecule has 3 atom stereocenters. The summed E-state index contributed by atoms with van der Waals surface area (Å²) >= 11 is 0. The molecule has 1 saturated heterocycles. The van der Waals surface area contributed by atoms with Gasteiger partial charge in [0.1, 0.15) is 5.60 Å². The Kier molecular flexibility index (Phi) is 4.15. The summed E-state index contributed by atoms with van der Waals surface area (Å²) in [7, 11) is 0. The second-order valence-electron chi connectivity index (χ2n) is 6.66. The van der Waals surface area contributed by atoms with E-state index in [9.17, 15) is 4.79 Å². The summed E-state index contributed by atoms with van der Waals surface area (Å²) in [6.07, 6.45) is 3.60. The highest BCUT2D eigenvalue weighted by Crippen LogP contribution is 2.36. The smallest absolute Gasteiger partial charge is 0.407 e. The molecular formula is C14H26N2O2. The van der Waals surface area contributed by atoms with Crippen molar-refractivity contribution in [2.75, 3.05) is 19.6 Å². The Hall–Kier alpha value is -0.770. The van der Waals surface area contributed by atoms with Crippen molar-refractivity contribution in [1.29, 1.82) is 0 Å². The van der Waals surface area contributed by atoms with Gasteiger partial charge in [0.05, 0.1) is 0 Å². The van der Waals surface area contributed by atoms with E-state index in [1.54, 1.807) is 0 Å². The van der Waals surface area contributed by atoms with Gasteiger partial charge in [-0.1, -0.05) is 6.42 Å². The number of nitrogens with one attached hydrogen (secondary N) is 2. The van der Waals surface area contributed by atoms with Gasteiger partial charge in [0.25, 0.3) is 0 Å². The first-order valence-corrected chi connectivity index (χ1v) is 7.13. The van der Waals surface area contributed by atoms with Crippen molar-refractivity contribution in [3.8, 4) is 0 Å². The molecule has 1 heterocycles. The number of amides is 1. The molecule has 0 aromatic heterocycles. The molecule has 0 bridgehead atoms. The van der Waals surface area contributed by atoms with Crippen LogP contribution in [0.15, 0.2) is 0 Å². The molecule has 18 heavy (non-hydrogen) atoms. The number of carbonyl (C=O) groups is 1. The zero-order valence-electron chi connectivity index (χ0n) is 11.8. The number of ether oxygens (including phenoxy) is 1. The second-order valence-corrected chi connectivity index (χ2v) is 6.66. The van der Waals surface area contributed by atoms with Gasteiger partial charge in [0.2, 0.25) is 0 Å². The van der Waals surface area contributed by atoms with Crippen LogP contribution < -0.4 is 10.6 Å². The van der Waals surface area contributed by atoms with Crippen LogP contribution in [0, 0.1) is 17.8 Å². The van der Waals surface area contributed by atoms with E-state index in [1.807, 2.05) is 20.8 Å². The quantitative estimate of drug-likeness (QED) is 0.794. The highest BCUT2D eigenvalue weighted by Gasteiger charge is 2.36. The third-order valence-electron chi connectivity index (χ3n) is 4.05. The van der Waals surface area contributed by atoms with Crippen molar-refractivity contribution in [1.82, 2.24) is 10.6 Å². The molecule has 1 aliphatic heterocycles. The molecule has 104 valence electrons. The molecule has 0 spiro atoms. The number of fused-ring (bicyclic) bond motifs is 1. The molecule has 2 aliphatic rings. The lowest BCUT2D eigenvalue weighted by atomic mass is 9.74. The zero-order chi connectivity index (χ0) is 13.2. The van der Waals surface area contributed by atoms with Crippen LogP contribution in [0.3, 0.4) is 0 Å². The molecule has 1 amide bonds. The third-order valence-corrected chi connectivity index (χ3v) is 4.05. The highest BCUT2D eigenvalue weighted by atomic mass is 16.6. The van der Waals surface area contributed by atoms with E-state index in [2.05, 4.69) is 10.6 Å². The van der Waals surface area contributed by atoms with Gasteiger partial charge in [-0.15, -0.1) is 0 Å². The molecule has 0 aromatic carbocycles. The molecule has 2 fully saturated rings. The first-order chi connectivity index (χ1) is 8.46. The molecule has 2 N–H and O–H groups in total. The van der Waals surface area contributed by atoms with E-state index in [4.69, 9.17) is 4.74 Å². The summed E-state index contributed by atoms with van der Waals surface area (Å²) in [6, 6.07) is 0. The van der Waals surface area contributed by atoms with Gasteiger partial charge in [0.15, 0.2) is 0 Å². The lowest BCUT2D eigenvalue weighted by Crippen LogP contribution is -2.39. The SMILES string of the molecule is CC(C)(C)OC(=O)NCC1CCCC2CNCC21. The Bertz CT molecular complexity index is 299. The zero-order valence-corrected chi connectivity index (χ0v) is 11.8. The second kappa shape index (κ2) is 5.47. The van der Waals surface area contributed by atoms with Gasteiger partial charge in [-0.25, -0.2) is 4.79 Å². The summed E-state index contributed by atoms with van der Waals surface area (Å²) in [5.74, 6) is 2.18. The normalized spacial score (nSPS) is 31.8. The topological polar surface area (TPSA) is 50.4 Å². The Balaban J connectivity index is 1.77. The van der Waals surface area contributed by atoms with Crippen LogP contribution in [0.4, 0.5) is 4.79 Å². The van der Waals surface area contributed by atoms with Crippen molar-refractivity contribution in [3.05, 3.63) is 0 Å². The van der Waals surface area contributed by atoms with Crippen LogP contribution in [0.5, 0.6) is 0 Å². The van der Waals surface area contributed by atoms with Crippen LogP contribution >= 0.6 is 0 Å². The number of hydrogen-bond acceptors (Lipinski definition) is 3. The van der Waals surface area contributed by atoms with Crippen molar-refractivity contribution >= 4 is 6.09 Å². The van der Waals surface area contributed by atoms with Crippen molar-refractivity contribution in [3.63, 3.8) is 0 Å². The maximum Gasteiger partial charge on any atom is 0.407 e. The predicted octanol–water partition coefficient (Wildman–Crippen LogP) is 2.15. The highest BCUT2D eigenvalue weighted by molar-refractivity contribution is 5.67. The first-order valence-electron chi connectivity index (χ1n) is 7.13. The van der Waals surface area contributed by atoms with Crippen molar-refractivity contribution in [2.24, 2.45) is 17.8 Å². The van der Waals surface area contributed by atoms with E-state index in [0.29, 0.717) is 5.92 Å². The summed E-state index contributed by atoms with van der Waals surface area (Å²) < 4.78 is 5.27. The standard InChI is InChI=1S/C14H26N2O2/c1-14(2,3)18-13(17)16-8-11-6-4-5-10-7-15-9-12(10)11/h10-12,15H,4-9H2,1-3H3,(H,16,17). The fourth-order valence-corrected chi connectivity index (χ4v) is 3.26. The van der Waals surface area contributed by atoms with Crippen LogP contribution in [0.25, 0.3) is 0 Å². The number of rotatable bonds is 2. The maximum absolute atomic E-state index is 11.6. The van der Waals surface area contributed by atoms with Gasteiger partial charge < -0.3 is 15.4 Å². The molecular weight excluding hydrogens is 228 g/mol. The Morgan fingerprint density at radius 3 is 2.83 bits per heavy atom. The Labute approximate surface area is 110 Å². The summed E-state index contributed by atoms with van der Waals surface area (Å²) in [4.78, 5) is 11.6. The minimum atomic E-state index is -0.409. The van der Waals surface area contributed by atoms with Gasteiger partial charge >= 0.3 is 6.09 Å². The molecule has 4 heteroatoms. The average molecular weight is 254 g/mol. The Morgan fingerprint density at radius 2 is 2.11 bits per heavy atom. The van der Waals surface area contributed by atoms with Gasteiger partial charge in [0, 0.05) is 6.54 Å². The van der Waals surface area contributed by atoms with Crippen LogP contribution in [0.1, 0.15) is 40.0 Å². The van der Waals surface area contributed by atoms with E-state index in [-0.39, 0.29) is 6.09 Å². The number of hydrogen-bond donors (Lipinski definition) is 2. The van der Waals surface area contributed by atoms with Crippen LogP contribution in [-0.2, 0) is 4.74 Å². The maximum atomic E-state index is 11.6. The van der Waals surface area contributed by atoms with E-state index in [1.165, 1.54) is 19.3 Å². The summed E-state index contributed by atoms with van der Waals surface area (Å²) in [5.41, 5.74) is -0.409. The van der Waals surface area contributed by atoms with Gasteiger partial charge in [-0.2, -0.15) is 0 Å². The first kappa shape index (κ1) is 13.7.